The van der Waals surface area contributed by atoms with Crippen molar-refractivity contribution in [2.45, 2.75) is 52.0 Å². The van der Waals surface area contributed by atoms with Crippen molar-refractivity contribution >= 4 is 17.3 Å². The van der Waals surface area contributed by atoms with Crippen molar-refractivity contribution in [3.05, 3.63) is 23.8 Å². The summed E-state index contributed by atoms with van der Waals surface area (Å²) in [6.45, 7) is 4.45. The zero-order chi connectivity index (χ0) is 15.2. The second-order valence-electron chi connectivity index (χ2n) is 5.79. The SMILES string of the molecule is CCOC(=O)c1ccc(N)c(NC2CCC(CC)CC2)c1. The van der Waals surface area contributed by atoms with Gasteiger partial charge in [-0.05, 0) is 56.7 Å². The first-order valence-electron chi connectivity index (χ1n) is 7.97. The molecule has 4 nitrogen and oxygen atoms in total. The molecule has 0 aliphatic heterocycles. The zero-order valence-electron chi connectivity index (χ0n) is 13.0. The summed E-state index contributed by atoms with van der Waals surface area (Å²) in [5, 5.41) is 3.50. The van der Waals surface area contributed by atoms with Crippen LogP contribution in [0.1, 0.15) is 56.3 Å². The topological polar surface area (TPSA) is 64.3 Å². The number of benzene rings is 1. The molecule has 1 saturated carbocycles. The number of esters is 1. The Labute approximate surface area is 127 Å². The lowest BCUT2D eigenvalue weighted by molar-refractivity contribution is 0.0526. The van der Waals surface area contributed by atoms with E-state index in [9.17, 15) is 4.79 Å². The van der Waals surface area contributed by atoms with Gasteiger partial charge in [0, 0.05) is 6.04 Å². The van der Waals surface area contributed by atoms with Crippen LogP contribution in [0.15, 0.2) is 18.2 Å². The maximum absolute atomic E-state index is 11.8. The first kappa shape index (κ1) is 15.7. The Morgan fingerprint density at radius 2 is 2.00 bits per heavy atom. The van der Waals surface area contributed by atoms with E-state index >= 15 is 0 Å². The molecule has 0 bridgehead atoms. The highest BCUT2D eigenvalue weighted by Gasteiger charge is 2.20. The number of hydrogen-bond donors (Lipinski definition) is 2. The van der Waals surface area contributed by atoms with Crippen molar-refractivity contribution in [1.82, 2.24) is 0 Å². The van der Waals surface area contributed by atoms with Crippen LogP contribution in [0.5, 0.6) is 0 Å². The van der Waals surface area contributed by atoms with E-state index in [1.165, 1.54) is 32.1 Å². The lowest BCUT2D eigenvalue weighted by atomic mass is 9.84. The summed E-state index contributed by atoms with van der Waals surface area (Å²) in [5.74, 6) is 0.571. The number of nitrogens with one attached hydrogen (secondary N) is 1. The van der Waals surface area contributed by atoms with Crippen LogP contribution in [0.3, 0.4) is 0 Å². The largest absolute Gasteiger partial charge is 0.462 e. The molecular weight excluding hydrogens is 264 g/mol. The Morgan fingerprint density at radius 1 is 1.29 bits per heavy atom. The summed E-state index contributed by atoms with van der Waals surface area (Å²) in [6.07, 6.45) is 6.15. The van der Waals surface area contributed by atoms with Crippen molar-refractivity contribution < 1.29 is 9.53 Å². The van der Waals surface area contributed by atoms with Crippen LogP contribution in [-0.2, 0) is 4.74 Å². The van der Waals surface area contributed by atoms with Crippen LogP contribution in [-0.4, -0.2) is 18.6 Å². The second kappa shape index (κ2) is 7.34. The van der Waals surface area contributed by atoms with E-state index in [4.69, 9.17) is 10.5 Å². The van der Waals surface area contributed by atoms with E-state index in [1.54, 1.807) is 25.1 Å². The minimum Gasteiger partial charge on any atom is -0.462 e. The minimum atomic E-state index is -0.296. The van der Waals surface area contributed by atoms with Gasteiger partial charge in [0.1, 0.15) is 0 Å². The van der Waals surface area contributed by atoms with Crippen molar-refractivity contribution in [2.75, 3.05) is 17.7 Å². The Hall–Kier alpha value is -1.71. The molecule has 0 saturated heterocycles. The predicted molar refractivity (Wildman–Crippen MR) is 86.5 cm³/mol. The molecule has 1 aromatic carbocycles. The molecule has 0 spiro atoms. The molecule has 1 aliphatic carbocycles. The normalized spacial score (nSPS) is 21.8. The highest BCUT2D eigenvalue weighted by Crippen LogP contribution is 2.30. The fourth-order valence-corrected chi connectivity index (χ4v) is 2.96. The van der Waals surface area contributed by atoms with E-state index in [0.717, 1.165) is 11.6 Å². The van der Waals surface area contributed by atoms with E-state index in [-0.39, 0.29) is 5.97 Å². The monoisotopic (exact) mass is 290 g/mol. The lowest BCUT2D eigenvalue weighted by Crippen LogP contribution is -2.26. The van der Waals surface area contributed by atoms with Gasteiger partial charge < -0.3 is 15.8 Å². The zero-order valence-corrected chi connectivity index (χ0v) is 13.0. The number of hydrogen-bond acceptors (Lipinski definition) is 4. The number of rotatable bonds is 5. The van der Waals surface area contributed by atoms with Gasteiger partial charge in [-0.1, -0.05) is 13.3 Å². The summed E-state index contributed by atoms with van der Waals surface area (Å²) in [6, 6.07) is 5.74. The van der Waals surface area contributed by atoms with E-state index in [0.29, 0.717) is 23.9 Å². The smallest absolute Gasteiger partial charge is 0.338 e. The highest BCUT2D eigenvalue weighted by molar-refractivity contribution is 5.92. The number of nitrogens with two attached hydrogens (primary N) is 1. The van der Waals surface area contributed by atoms with Crippen LogP contribution >= 0.6 is 0 Å². The van der Waals surface area contributed by atoms with Gasteiger partial charge in [-0.25, -0.2) is 4.79 Å². The van der Waals surface area contributed by atoms with Gasteiger partial charge in [0.05, 0.1) is 23.5 Å². The van der Waals surface area contributed by atoms with E-state index in [1.807, 2.05) is 0 Å². The number of ether oxygens (including phenoxy) is 1. The summed E-state index contributed by atoms with van der Waals surface area (Å²) in [4.78, 5) is 11.8. The van der Waals surface area contributed by atoms with Gasteiger partial charge in [-0.3, -0.25) is 0 Å². The molecule has 0 radical (unpaired) electrons. The molecule has 3 N–H and O–H groups in total. The fourth-order valence-electron chi connectivity index (χ4n) is 2.96. The summed E-state index contributed by atoms with van der Waals surface area (Å²) < 4.78 is 5.03. The van der Waals surface area contributed by atoms with Gasteiger partial charge in [-0.2, -0.15) is 0 Å². The molecule has 0 heterocycles. The fraction of sp³-hybridized carbons (Fsp3) is 0.588. The maximum atomic E-state index is 11.8. The molecule has 0 unspecified atom stereocenters. The van der Waals surface area contributed by atoms with Crippen molar-refractivity contribution in [3.63, 3.8) is 0 Å². The standard InChI is InChI=1S/C17H26N2O2/c1-3-12-5-8-14(9-6-12)19-16-11-13(7-10-15(16)18)17(20)21-4-2/h7,10-12,14,19H,3-6,8-9,18H2,1-2H3. The number of carbonyl (C=O) groups is 1. The molecule has 1 aromatic rings. The summed E-state index contributed by atoms with van der Waals surface area (Å²) in [5.41, 5.74) is 8.10. The Balaban J connectivity index is 2.02. The van der Waals surface area contributed by atoms with Gasteiger partial charge in [0.2, 0.25) is 0 Å². The third kappa shape index (κ3) is 4.13. The average molecular weight is 290 g/mol. The number of carbonyl (C=O) groups excluding carboxylic acids is 1. The van der Waals surface area contributed by atoms with Crippen molar-refractivity contribution in [3.8, 4) is 0 Å². The van der Waals surface area contributed by atoms with Crippen LogP contribution in [0.25, 0.3) is 0 Å². The van der Waals surface area contributed by atoms with Crippen LogP contribution in [0, 0.1) is 5.92 Å². The Morgan fingerprint density at radius 3 is 2.62 bits per heavy atom. The minimum absolute atomic E-state index is 0.296. The summed E-state index contributed by atoms with van der Waals surface area (Å²) in [7, 11) is 0. The maximum Gasteiger partial charge on any atom is 0.338 e. The Kier molecular flexibility index (Phi) is 5.48. The first-order chi connectivity index (χ1) is 10.1. The van der Waals surface area contributed by atoms with Gasteiger partial charge in [0.15, 0.2) is 0 Å². The molecule has 116 valence electrons. The van der Waals surface area contributed by atoms with Crippen molar-refractivity contribution in [2.24, 2.45) is 5.92 Å². The molecular formula is C17H26N2O2. The third-order valence-electron chi connectivity index (χ3n) is 4.35. The van der Waals surface area contributed by atoms with Crippen LogP contribution < -0.4 is 11.1 Å². The van der Waals surface area contributed by atoms with Crippen LogP contribution in [0.2, 0.25) is 0 Å². The molecule has 21 heavy (non-hydrogen) atoms. The molecule has 4 heteroatoms. The molecule has 1 aliphatic rings. The van der Waals surface area contributed by atoms with Gasteiger partial charge in [0.25, 0.3) is 0 Å². The highest BCUT2D eigenvalue weighted by atomic mass is 16.5. The van der Waals surface area contributed by atoms with Crippen LogP contribution in [0.4, 0.5) is 11.4 Å². The number of anilines is 2. The molecule has 0 atom stereocenters. The summed E-state index contributed by atoms with van der Waals surface area (Å²) >= 11 is 0. The first-order valence-corrected chi connectivity index (χ1v) is 7.97. The molecule has 0 amide bonds. The quantitative estimate of drug-likeness (QED) is 0.639. The van der Waals surface area contributed by atoms with E-state index in [2.05, 4.69) is 12.2 Å². The predicted octanol–water partition coefficient (Wildman–Crippen LogP) is 3.83. The van der Waals surface area contributed by atoms with Gasteiger partial charge >= 0.3 is 5.97 Å². The average Bonchev–Trinajstić information content (AvgIpc) is 2.50. The molecule has 1 fully saturated rings. The number of nitrogen functional groups attached to an aromatic ring is 1. The molecule has 0 aromatic heterocycles. The van der Waals surface area contributed by atoms with Gasteiger partial charge in [-0.15, -0.1) is 0 Å². The molecule has 2 rings (SSSR count). The van der Waals surface area contributed by atoms with E-state index < -0.39 is 0 Å². The lowest BCUT2D eigenvalue weighted by Gasteiger charge is -2.29. The third-order valence-corrected chi connectivity index (χ3v) is 4.35. The Bertz CT molecular complexity index is 480. The van der Waals surface area contributed by atoms with Crippen molar-refractivity contribution in [1.29, 1.82) is 0 Å². The second-order valence-corrected chi connectivity index (χ2v) is 5.79.